The summed E-state index contributed by atoms with van der Waals surface area (Å²) in [5, 5.41) is 3.18. The van der Waals surface area contributed by atoms with Crippen molar-refractivity contribution in [1.29, 1.82) is 0 Å². The summed E-state index contributed by atoms with van der Waals surface area (Å²) in [4.78, 5) is 6.78. The second-order valence-corrected chi connectivity index (χ2v) is 5.69. The zero-order valence-electron chi connectivity index (χ0n) is 13.6. The van der Waals surface area contributed by atoms with Gasteiger partial charge in [-0.15, -0.1) is 0 Å². The van der Waals surface area contributed by atoms with Gasteiger partial charge in [0.25, 0.3) is 0 Å². The third-order valence-corrected chi connectivity index (χ3v) is 3.99. The topological polar surface area (TPSA) is 28.2 Å². The third kappa shape index (κ3) is 4.73. The molecule has 2 rings (SSSR count). The summed E-state index contributed by atoms with van der Waals surface area (Å²) in [6.45, 7) is 6.07. The van der Waals surface area contributed by atoms with E-state index in [-0.39, 0.29) is 5.82 Å². The number of rotatable bonds is 7. The van der Waals surface area contributed by atoms with Crippen LogP contribution in [0.4, 0.5) is 15.8 Å². The van der Waals surface area contributed by atoms with Gasteiger partial charge in [0.1, 0.15) is 10.8 Å². The van der Waals surface area contributed by atoms with Crippen LogP contribution < -0.4 is 10.2 Å². The minimum atomic E-state index is -0.277. The van der Waals surface area contributed by atoms with Crippen molar-refractivity contribution >= 4 is 28.6 Å². The molecule has 2 aromatic rings. The van der Waals surface area contributed by atoms with Crippen LogP contribution in [0.15, 0.2) is 42.7 Å². The number of anilines is 2. The lowest BCUT2D eigenvalue weighted by Crippen LogP contribution is -2.25. The van der Waals surface area contributed by atoms with E-state index in [0.29, 0.717) is 10.7 Å². The number of pyridine rings is 1. The molecular formula is C18H22FN3S. The highest BCUT2D eigenvalue weighted by Crippen LogP contribution is 2.28. The summed E-state index contributed by atoms with van der Waals surface area (Å²) in [7, 11) is 0. The molecule has 1 N–H and O–H groups in total. The molecule has 122 valence electrons. The Hall–Kier alpha value is -2.01. The molecule has 0 bridgehead atoms. The Bertz CT molecular complexity index is 646. The quantitative estimate of drug-likeness (QED) is 0.749. The number of aromatic nitrogens is 1. The molecule has 0 atom stereocenters. The molecule has 0 fully saturated rings. The molecular weight excluding hydrogens is 309 g/mol. The first kappa shape index (κ1) is 17.3. The molecule has 1 heterocycles. The maximum absolute atomic E-state index is 13.7. The normalized spacial score (nSPS) is 10.4. The van der Waals surface area contributed by atoms with Gasteiger partial charge in [-0.05, 0) is 43.7 Å². The molecule has 0 spiro atoms. The van der Waals surface area contributed by atoms with Crippen LogP contribution in [0.3, 0.4) is 0 Å². The van der Waals surface area contributed by atoms with E-state index in [1.165, 1.54) is 12.1 Å². The summed E-state index contributed by atoms with van der Waals surface area (Å²) >= 11 is 5.44. The molecule has 0 aliphatic heterocycles. The van der Waals surface area contributed by atoms with Gasteiger partial charge in [0, 0.05) is 31.0 Å². The first-order chi connectivity index (χ1) is 11.2. The van der Waals surface area contributed by atoms with Crippen LogP contribution in [0.1, 0.15) is 32.3 Å². The monoisotopic (exact) mass is 331 g/mol. The lowest BCUT2D eigenvalue weighted by molar-refractivity contribution is 0.628. The molecule has 0 saturated heterocycles. The molecule has 5 heteroatoms. The highest BCUT2D eigenvalue weighted by Gasteiger charge is 2.12. The summed E-state index contributed by atoms with van der Waals surface area (Å²) in [5.74, 6) is -0.277. The van der Waals surface area contributed by atoms with Crippen LogP contribution in [0.2, 0.25) is 0 Å². The Balaban J connectivity index is 2.26. The average Bonchev–Trinajstić information content (AvgIpc) is 2.57. The fourth-order valence-electron chi connectivity index (χ4n) is 2.38. The Morgan fingerprint density at radius 3 is 2.61 bits per heavy atom. The number of unbranched alkanes of at least 4 members (excludes halogenated alkanes) is 1. The van der Waals surface area contributed by atoms with Gasteiger partial charge in [0.05, 0.1) is 11.4 Å². The van der Waals surface area contributed by atoms with E-state index in [1.807, 2.05) is 18.2 Å². The van der Waals surface area contributed by atoms with Gasteiger partial charge >= 0.3 is 0 Å². The summed E-state index contributed by atoms with van der Waals surface area (Å²) in [6, 6.07) is 8.47. The van der Waals surface area contributed by atoms with E-state index >= 15 is 0 Å². The highest BCUT2D eigenvalue weighted by atomic mass is 32.1. The maximum Gasteiger partial charge on any atom is 0.125 e. The molecule has 23 heavy (non-hydrogen) atoms. The fourth-order valence-corrected chi connectivity index (χ4v) is 2.63. The van der Waals surface area contributed by atoms with Crippen molar-refractivity contribution in [3.63, 3.8) is 0 Å². The SMILES string of the molecule is CCCCN(CC)c1ccc(F)cc1NC(=S)c1ccncc1. The van der Waals surface area contributed by atoms with Gasteiger partial charge in [-0.1, -0.05) is 25.6 Å². The van der Waals surface area contributed by atoms with Gasteiger partial charge in [-0.3, -0.25) is 4.98 Å². The maximum atomic E-state index is 13.7. The number of thiocarbonyl (C=S) groups is 1. The minimum Gasteiger partial charge on any atom is -0.370 e. The van der Waals surface area contributed by atoms with E-state index < -0.39 is 0 Å². The molecule has 1 aromatic heterocycles. The fraction of sp³-hybridized carbons (Fsp3) is 0.333. The molecule has 1 aromatic carbocycles. The van der Waals surface area contributed by atoms with E-state index in [0.717, 1.165) is 37.2 Å². The van der Waals surface area contributed by atoms with Gasteiger partial charge in [0.15, 0.2) is 0 Å². The predicted octanol–water partition coefficient (Wildman–Crippen LogP) is 4.63. The average molecular weight is 331 g/mol. The van der Waals surface area contributed by atoms with Crippen molar-refractivity contribution in [2.75, 3.05) is 23.3 Å². The number of benzene rings is 1. The summed E-state index contributed by atoms with van der Waals surface area (Å²) in [5.41, 5.74) is 2.53. The van der Waals surface area contributed by atoms with E-state index in [2.05, 4.69) is 29.0 Å². The smallest absolute Gasteiger partial charge is 0.125 e. The zero-order valence-corrected chi connectivity index (χ0v) is 14.4. The van der Waals surface area contributed by atoms with E-state index in [9.17, 15) is 4.39 Å². The van der Waals surface area contributed by atoms with Crippen LogP contribution in [-0.2, 0) is 0 Å². The molecule has 0 unspecified atom stereocenters. The minimum absolute atomic E-state index is 0.277. The molecule has 0 aliphatic rings. The van der Waals surface area contributed by atoms with Gasteiger partial charge in [0.2, 0.25) is 0 Å². The van der Waals surface area contributed by atoms with E-state index in [1.54, 1.807) is 12.4 Å². The number of nitrogens with zero attached hydrogens (tertiary/aromatic N) is 2. The molecule has 3 nitrogen and oxygen atoms in total. The largest absolute Gasteiger partial charge is 0.370 e. The van der Waals surface area contributed by atoms with Crippen molar-refractivity contribution in [1.82, 2.24) is 4.98 Å². The summed E-state index contributed by atoms with van der Waals surface area (Å²) < 4.78 is 13.7. The van der Waals surface area contributed by atoms with Crippen LogP contribution in [0.5, 0.6) is 0 Å². The van der Waals surface area contributed by atoms with Crippen molar-refractivity contribution in [2.24, 2.45) is 0 Å². The number of halogens is 1. The second-order valence-electron chi connectivity index (χ2n) is 5.28. The Kier molecular flexibility index (Phi) is 6.47. The van der Waals surface area contributed by atoms with Gasteiger partial charge in [-0.25, -0.2) is 4.39 Å². The van der Waals surface area contributed by atoms with Gasteiger partial charge < -0.3 is 10.2 Å². The Morgan fingerprint density at radius 2 is 1.96 bits per heavy atom. The van der Waals surface area contributed by atoms with Crippen molar-refractivity contribution < 1.29 is 4.39 Å². The van der Waals surface area contributed by atoms with Crippen molar-refractivity contribution in [3.05, 3.63) is 54.1 Å². The molecule has 0 aliphatic carbocycles. The number of hydrogen-bond acceptors (Lipinski definition) is 3. The zero-order chi connectivity index (χ0) is 16.7. The lowest BCUT2D eigenvalue weighted by Gasteiger charge is -2.26. The Morgan fingerprint density at radius 1 is 1.22 bits per heavy atom. The number of hydrogen-bond donors (Lipinski definition) is 1. The predicted molar refractivity (Wildman–Crippen MR) is 98.8 cm³/mol. The van der Waals surface area contributed by atoms with Crippen LogP contribution in [-0.4, -0.2) is 23.1 Å². The first-order valence-corrected chi connectivity index (χ1v) is 8.32. The summed E-state index contributed by atoms with van der Waals surface area (Å²) in [6.07, 6.45) is 5.60. The molecule has 0 amide bonds. The van der Waals surface area contributed by atoms with Gasteiger partial charge in [-0.2, -0.15) is 0 Å². The molecule has 0 saturated carbocycles. The van der Waals surface area contributed by atoms with Crippen molar-refractivity contribution in [3.8, 4) is 0 Å². The number of nitrogens with one attached hydrogen (secondary N) is 1. The third-order valence-electron chi connectivity index (χ3n) is 3.65. The van der Waals surface area contributed by atoms with Crippen molar-refractivity contribution in [2.45, 2.75) is 26.7 Å². The van der Waals surface area contributed by atoms with Crippen LogP contribution in [0.25, 0.3) is 0 Å². The highest BCUT2D eigenvalue weighted by molar-refractivity contribution is 7.81. The van der Waals surface area contributed by atoms with E-state index in [4.69, 9.17) is 12.2 Å². The Labute approximate surface area is 142 Å². The van der Waals surface area contributed by atoms with Crippen LogP contribution >= 0.6 is 12.2 Å². The second kappa shape index (κ2) is 8.58. The molecule has 0 radical (unpaired) electrons. The first-order valence-electron chi connectivity index (χ1n) is 7.91. The van der Waals surface area contributed by atoms with Crippen LogP contribution in [0, 0.1) is 5.82 Å². The lowest BCUT2D eigenvalue weighted by atomic mass is 10.2. The standard InChI is InChI=1S/C18H22FN3S/c1-3-5-12-22(4-2)17-7-6-15(19)13-16(17)21-18(23)14-8-10-20-11-9-14/h6-11,13H,3-5,12H2,1-2H3,(H,21,23).